The van der Waals surface area contributed by atoms with Crippen molar-refractivity contribution in [2.75, 3.05) is 6.54 Å². The van der Waals surface area contributed by atoms with Crippen LogP contribution < -0.4 is 11.1 Å². The van der Waals surface area contributed by atoms with Gasteiger partial charge >= 0.3 is 0 Å². The molecule has 1 heterocycles. The Labute approximate surface area is 109 Å². The van der Waals surface area contributed by atoms with Crippen molar-refractivity contribution in [1.29, 1.82) is 0 Å². The van der Waals surface area contributed by atoms with Crippen molar-refractivity contribution in [1.82, 2.24) is 15.1 Å². The molecule has 0 radical (unpaired) electrons. The Morgan fingerprint density at radius 3 is 2.50 bits per heavy atom. The lowest BCUT2D eigenvalue weighted by molar-refractivity contribution is -0.123. The summed E-state index contributed by atoms with van der Waals surface area (Å²) in [6, 6.07) is -0.430. The third kappa shape index (κ3) is 3.32. The molecule has 18 heavy (non-hydrogen) atoms. The summed E-state index contributed by atoms with van der Waals surface area (Å²) in [4.78, 5) is 11.7. The molecule has 1 amide bonds. The molecular formula is C13H24N4O. The number of hydrogen-bond acceptors (Lipinski definition) is 3. The molecule has 5 nitrogen and oxygen atoms in total. The van der Waals surface area contributed by atoms with Gasteiger partial charge in [0.15, 0.2) is 0 Å². The van der Waals surface area contributed by atoms with Crippen LogP contribution in [0.3, 0.4) is 0 Å². The average Bonchev–Trinajstić information content (AvgIpc) is 2.54. The van der Waals surface area contributed by atoms with Gasteiger partial charge in [0.2, 0.25) is 5.91 Å². The standard InChI is InChI=1S/C13H24N4O/c1-8(2)12(14)13(18)15-7-6-11-9(3)16-17(5)10(11)4/h8,12H,6-7,14H2,1-5H3,(H,15,18)/t12-/m0/s1. The molecular weight excluding hydrogens is 228 g/mol. The lowest BCUT2D eigenvalue weighted by Crippen LogP contribution is -2.44. The Bertz CT molecular complexity index is 423. The number of nitrogens with zero attached hydrogens (tertiary/aromatic N) is 2. The molecule has 0 aliphatic heterocycles. The highest BCUT2D eigenvalue weighted by Gasteiger charge is 2.17. The largest absolute Gasteiger partial charge is 0.354 e. The first kappa shape index (κ1) is 14.7. The van der Waals surface area contributed by atoms with Crippen LogP contribution in [-0.4, -0.2) is 28.3 Å². The van der Waals surface area contributed by atoms with E-state index in [4.69, 9.17) is 5.73 Å². The fourth-order valence-electron chi connectivity index (χ4n) is 1.91. The molecule has 0 spiro atoms. The molecule has 1 rings (SSSR count). The van der Waals surface area contributed by atoms with E-state index in [2.05, 4.69) is 10.4 Å². The highest BCUT2D eigenvalue weighted by atomic mass is 16.2. The maximum Gasteiger partial charge on any atom is 0.237 e. The number of amides is 1. The van der Waals surface area contributed by atoms with E-state index >= 15 is 0 Å². The molecule has 1 aromatic rings. The third-order valence-corrected chi connectivity index (χ3v) is 3.35. The SMILES string of the molecule is Cc1nn(C)c(C)c1CCNC(=O)[C@@H](N)C(C)C. The average molecular weight is 252 g/mol. The van der Waals surface area contributed by atoms with E-state index in [-0.39, 0.29) is 11.8 Å². The number of hydrogen-bond donors (Lipinski definition) is 2. The van der Waals surface area contributed by atoms with Crippen LogP contribution >= 0.6 is 0 Å². The first-order valence-electron chi connectivity index (χ1n) is 6.37. The van der Waals surface area contributed by atoms with E-state index in [1.54, 1.807) is 0 Å². The smallest absolute Gasteiger partial charge is 0.237 e. The molecule has 0 bridgehead atoms. The summed E-state index contributed by atoms with van der Waals surface area (Å²) in [5.74, 6) is 0.0797. The summed E-state index contributed by atoms with van der Waals surface area (Å²) in [7, 11) is 1.93. The van der Waals surface area contributed by atoms with Crippen LogP contribution in [0, 0.1) is 19.8 Å². The molecule has 0 unspecified atom stereocenters. The molecule has 0 fully saturated rings. The molecule has 1 aromatic heterocycles. The van der Waals surface area contributed by atoms with E-state index in [0.717, 1.165) is 17.8 Å². The van der Waals surface area contributed by atoms with Crippen molar-refractivity contribution in [2.45, 2.75) is 40.2 Å². The van der Waals surface area contributed by atoms with E-state index in [1.165, 1.54) is 5.56 Å². The van der Waals surface area contributed by atoms with Gasteiger partial charge in [-0.15, -0.1) is 0 Å². The lowest BCUT2D eigenvalue weighted by Gasteiger charge is -2.15. The number of rotatable bonds is 5. The fraction of sp³-hybridized carbons (Fsp3) is 0.692. The Morgan fingerprint density at radius 2 is 2.06 bits per heavy atom. The Morgan fingerprint density at radius 1 is 1.44 bits per heavy atom. The second kappa shape index (κ2) is 6.00. The molecule has 3 N–H and O–H groups in total. The van der Waals surface area contributed by atoms with Gasteiger partial charge in [-0.1, -0.05) is 13.8 Å². The van der Waals surface area contributed by atoms with Gasteiger partial charge in [-0.25, -0.2) is 0 Å². The predicted molar refractivity (Wildman–Crippen MR) is 72.2 cm³/mol. The summed E-state index contributed by atoms with van der Waals surface area (Å²) in [5, 5.41) is 7.23. The zero-order valence-corrected chi connectivity index (χ0v) is 11.9. The van der Waals surface area contributed by atoms with Gasteiger partial charge < -0.3 is 11.1 Å². The van der Waals surface area contributed by atoms with Crippen molar-refractivity contribution >= 4 is 5.91 Å². The van der Waals surface area contributed by atoms with E-state index in [1.807, 2.05) is 39.4 Å². The molecule has 0 aliphatic rings. The van der Waals surface area contributed by atoms with Crippen molar-refractivity contribution in [2.24, 2.45) is 18.7 Å². The number of aryl methyl sites for hydroxylation is 2. The Kier molecular flexibility index (Phi) is 4.90. The molecule has 1 atom stereocenters. The van der Waals surface area contributed by atoms with Gasteiger partial charge in [-0.2, -0.15) is 5.10 Å². The quantitative estimate of drug-likeness (QED) is 0.809. The first-order chi connectivity index (χ1) is 8.34. The summed E-state index contributed by atoms with van der Waals surface area (Å²) in [6.07, 6.45) is 0.794. The van der Waals surface area contributed by atoms with Crippen LogP contribution in [0.25, 0.3) is 0 Å². The van der Waals surface area contributed by atoms with Crippen LogP contribution in [0.2, 0.25) is 0 Å². The molecule has 0 saturated carbocycles. The third-order valence-electron chi connectivity index (χ3n) is 3.35. The second-order valence-electron chi connectivity index (χ2n) is 5.08. The van der Waals surface area contributed by atoms with Crippen LogP contribution in [0.4, 0.5) is 0 Å². The molecule has 0 saturated heterocycles. The van der Waals surface area contributed by atoms with Crippen LogP contribution in [0.15, 0.2) is 0 Å². The van der Waals surface area contributed by atoms with Crippen molar-refractivity contribution < 1.29 is 4.79 Å². The minimum absolute atomic E-state index is 0.0794. The van der Waals surface area contributed by atoms with Crippen molar-refractivity contribution in [3.05, 3.63) is 17.0 Å². The van der Waals surface area contributed by atoms with Crippen molar-refractivity contribution in [3.63, 3.8) is 0 Å². The number of carbonyl (C=O) groups excluding carboxylic acids is 1. The van der Waals surface area contributed by atoms with Crippen LogP contribution in [0.1, 0.15) is 30.8 Å². The summed E-state index contributed by atoms with van der Waals surface area (Å²) in [6.45, 7) is 8.52. The zero-order chi connectivity index (χ0) is 13.9. The van der Waals surface area contributed by atoms with Gasteiger partial charge in [0, 0.05) is 19.3 Å². The zero-order valence-electron chi connectivity index (χ0n) is 11.9. The van der Waals surface area contributed by atoms with Crippen molar-refractivity contribution in [3.8, 4) is 0 Å². The summed E-state index contributed by atoms with van der Waals surface area (Å²) >= 11 is 0. The van der Waals surface area contributed by atoms with Gasteiger partial charge in [0.1, 0.15) is 0 Å². The number of aromatic nitrogens is 2. The molecule has 0 aromatic carbocycles. The summed E-state index contributed by atoms with van der Waals surface area (Å²) in [5.41, 5.74) is 9.15. The molecule has 5 heteroatoms. The minimum atomic E-state index is -0.430. The maximum atomic E-state index is 11.7. The fourth-order valence-corrected chi connectivity index (χ4v) is 1.91. The summed E-state index contributed by atoms with van der Waals surface area (Å²) < 4.78 is 1.87. The highest BCUT2D eigenvalue weighted by molar-refractivity contribution is 5.81. The number of carbonyl (C=O) groups is 1. The van der Waals surface area contributed by atoms with E-state index < -0.39 is 6.04 Å². The van der Waals surface area contributed by atoms with Gasteiger partial charge in [-0.3, -0.25) is 9.48 Å². The topological polar surface area (TPSA) is 72.9 Å². The van der Waals surface area contributed by atoms with E-state index in [0.29, 0.717) is 6.54 Å². The lowest BCUT2D eigenvalue weighted by atomic mass is 10.0. The number of nitrogens with two attached hydrogens (primary N) is 1. The second-order valence-corrected chi connectivity index (χ2v) is 5.08. The Balaban J connectivity index is 2.50. The Hall–Kier alpha value is -1.36. The normalized spacial score (nSPS) is 12.8. The van der Waals surface area contributed by atoms with Crippen LogP contribution in [-0.2, 0) is 18.3 Å². The van der Waals surface area contributed by atoms with Crippen LogP contribution in [0.5, 0.6) is 0 Å². The van der Waals surface area contributed by atoms with Gasteiger partial charge in [0.05, 0.1) is 11.7 Å². The van der Waals surface area contributed by atoms with E-state index in [9.17, 15) is 4.79 Å². The predicted octanol–water partition coefficient (Wildman–Crippen LogP) is 0.679. The minimum Gasteiger partial charge on any atom is -0.354 e. The van der Waals surface area contributed by atoms with Gasteiger partial charge in [-0.05, 0) is 31.7 Å². The molecule has 0 aliphatic carbocycles. The first-order valence-corrected chi connectivity index (χ1v) is 6.37. The maximum absolute atomic E-state index is 11.7. The van der Waals surface area contributed by atoms with Gasteiger partial charge in [0.25, 0.3) is 0 Å². The molecule has 102 valence electrons. The highest BCUT2D eigenvalue weighted by Crippen LogP contribution is 2.11. The monoisotopic (exact) mass is 252 g/mol. The number of nitrogens with one attached hydrogen (secondary N) is 1.